The van der Waals surface area contributed by atoms with Gasteiger partial charge in [0.25, 0.3) is 0 Å². The number of nitrogens with one attached hydrogen (secondary N) is 1. The monoisotopic (exact) mass is 363 g/mol. The van der Waals surface area contributed by atoms with Gasteiger partial charge < -0.3 is 19.7 Å². The van der Waals surface area contributed by atoms with Crippen molar-refractivity contribution >= 4 is 23.4 Å². The SMILES string of the molecule is COc1c2c(cc(F)c1N1CCCC1)N1C(=O)O[C@@H](CNC(C)=O)[C@@H]1C2. The summed E-state index contributed by atoms with van der Waals surface area (Å²) in [4.78, 5) is 27.0. The Labute approximate surface area is 151 Å². The maximum Gasteiger partial charge on any atom is 0.415 e. The van der Waals surface area contributed by atoms with Gasteiger partial charge in [0.15, 0.2) is 11.6 Å². The standard InChI is InChI=1S/C18H22FN3O4/c1-10(23)20-9-15-14-7-11-13(22(14)18(24)26-15)8-12(19)16(17(11)25-2)21-5-3-4-6-21/h8,14-15H,3-7,9H2,1-2H3,(H,20,23)/t14-,15-/m0/s1. The van der Waals surface area contributed by atoms with Crippen LogP contribution in [0, 0.1) is 5.82 Å². The third-order valence-corrected chi connectivity index (χ3v) is 5.35. The second kappa shape index (κ2) is 6.34. The second-order valence-electron chi connectivity index (χ2n) is 6.93. The molecule has 1 N–H and O–H groups in total. The van der Waals surface area contributed by atoms with Crippen LogP contribution in [0.5, 0.6) is 5.75 Å². The van der Waals surface area contributed by atoms with Gasteiger partial charge in [0.1, 0.15) is 11.8 Å². The van der Waals surface area contributed by atoms with Gasteiger partial charge in [0.05, 0.1) is 25.4 Å². The van der Waals surface area contributed by atoms with Crippen molar-refractivity contribution in [2.45, 2.75) is 38.3 Å². The minimum Gasteiger partial charge on any atom is -0.494 e. The van der Waals surface area contributed by atoms with Crippen LogP contribution in [-0.2, 0) is 16.0 Å². The molecule has 8 heteroatoms. The van der Waals surface area contributed by atoms with Gasteiger partial charge in [-0.15, -0.1) is 0 Å². The first-order valence-electron chi connectivity index (χ1n) is 8.90. The Bertz CT molecular complexity index is 763. The summed E-state index contributed by atoms with van der Waals surface area (Å²) < 4.78 is 25.9. The second-order valence-corrected chi connectivity index (χ2v) is 6.93. The summed E-state index contributed by atoms with van der Waals surface area (Å²) in [5, 5.41) is 2.69. The van der Waals surface area contributed by atoms with Crippen LogP contribution < -0.4 is 19.9 Å². The number of hydrogen-bond acceptors (Lipinski definition) is 5. The molecule has 1 aromatic carbocycles. The molecule has 2 amide bonds. The number of methoxy groups -OCH3 is 1. The van der Waals surface area contributed by atoms with Crippen LogP contribution in [-0.4, -0.2) is 50.9 Å². The molecule has 3 aliphatic rings. The summed E-state index contributed by atoms with van der Waals surface area (Å²) in [7, 11) is 1.53. The molecule has 1 aromatic rings. The lowest BCUT2D eigenvalue weighted by molar-refractivity contribution is -0.119. The van der Waals surface area contributed by atoms with Crippen LogP contribution in [0.3, 0.4) is 0 Å². The largest absolute Gasteiger partial charge is 0.494 e. The van der Waals surface area contributed by atoms with E-state index in [1.165, 1.54) is 25.0 Å². The minimum absolute atomic E-state index is 0.185. The molecule has 2 fully saturated rings. The number of anilines is 2. The van der Waals surface area contributed by atoms with E-state index in [2.05, 4.69) is 5.32 Å². The zero-order valence-electron chi connectivity index (χ0n) is 14.9. The van der Waals surface area contributed by atoms with Crippen molar-refractivity contribution in [2.75, 3.05) is 36.5 Å². The number of carbonyl (C=O) groups is 2. The van der Waals surface area contributed by atoms with Crippen molar-refractivity contribution in [2.24, 2.45) is 0 Å². The molecule has 26 heavy (non-hydrogen) atoms. The van der Waals surface area contributed by atoms with Crippen LogP contribution in [0.4, 0.5) is 20.6 Å². The third-order valence-electron chi connectivity index (χ3n) is 5.35. The molecule has 0 unspecified atom stereocenters. The molecule has 0 bridgehead atoms. The van der Waals surface area contributed by atoms with Crippen LogP contribution in [0.15, 0.2) is 6.07 Å². The Morgan fingerprint density at radius 3 is 2.81 bits per heavy atom. The van der Waals surface area contributed by atoms with Gasteiger partial charge in [-0.05, 0) is 12.8 Å². The number of hydrogen-bond donors (Lipinski definition) is 1. The number of amides is 2. The highest BCUT2D eigenvalue weighted by atomic mass is 19.1. The molecule has 7 nitrogen and oxygen atoms in total. The van der Waals surface area contributed by atoms with E-state index in [0.29, 0.717) is 23.5 Å². The van der Waals surface area contributed by atoms with Crippen molar-refractivity contribution in [3.63, 3.8) is 0 Å². The smallest absolute Gasteiger partial charge is 0.415 e. The Morgan fingerprint density at radius 1 is 1.42 bits per heavy atom. The molecule has 0 saturated carbocycles. The molecule has 140 valence electrons. The predicted octanol–water partition coefficient (Wildman–Crippen LogP) is 1.82. The molecule has 3 aliphatic heterocycles. The Kier molecular flexibility index (Phi) is 4.13. The number of rotatable bonds is 4. The average Bonchev–Trinajstić information content (AvgIpc) is 3.29. The van der Waals surface area contributed by atoms with Crippen molar-refractivity contribution in [1.29, 1.82) is 0 Å². The van der Waals surface area contributed by atoms with Gasteiger partial charge in [0, 0.05) is 38.1 Å². The highest BCUT2D eigenvalue weighted by molar-refractivity contribution is 5.95. The molecular formula is C18H22FN3O4. The van der Waals surface area contributed by atoms with E-state index < -0.39 is 12.2 Å². The fourth-order valence-electron chi connectivity index (χ4n) is 4.21. The van der Waals surface area contributed by atoms with Crippen molar-refractivity contribution in [3.8, 4) is 5.75 Å². The van der Waals surface area contributed by atoms with Crippen molar-refractivity contribution in [1.82, 2.24) is 5.32 Å². The molecule has 0 radical (unpaired) electrons. The van der Waals surface area contributed by atoms with E-state index in [-0.39, 0.29) is 24.3 Å². The van der Waals surface area contributed by atoms with Gasteiger partial charge in [-0.25, -0.2) is 9.18 Å². The molecule has 0 spiro atoms. The summed E-state index contributed by atoms with van der Waals surface area (Å²) in [6.45, 7) is 3.25. The lowest BCUT2D eigenvalue weighted by Gasteiger charge is -2.24. The number of ether oxygens (including phenoxy) is 2. The predicted molar refractivity (Wildman–Crippen MR) is 93.3 cm³/mol. The summed E-state index contributed by atoms with van der Waals surface area (Å²) in [5.41, 5.74) is 1.81. The fourth-order valence-corrected chi connectivity index (χ4v) is 4.21. The zero-order valence-corrected chi connectivity index (χ0v) is 14.9. The summed E-state index contributed by atoms with van der Waals surface area (Å²) >= 11 is 0. The highest BCUT2D eigenvalue weighted by Gasteiger charge is 2.49. The van der Waals surface area contributed by atoms with Crippen LogP contribution in [0.1, 0.15) is 25.3 Å². The molecule has 2 saturated heterocycles. The maximum absolute atomic E-state index is 14.9. The van der Waals surface area contributed by atoms with Crippen molar-refractivity contribution < 1.29 is 23.5 Å². The minimum atomic E-state index is -0.514. The van der Waals surface area contributed by atoms with E-state index >= 15 is 0 Å². The van der Waals surface area contributed by atoms with Gasteiger partial charge in [0.2, 0.25) is 5.91 Å². The maximum atomic E-state index is 14.9. The highest BCUT2D eigenvalue weighted by Crippen LogP contribution is 2.48. The normalized spacial score (nSPS) is 23.7. The Hall–Kier alpha value is -2.51. The Morgan fingerprint density at radius 2 is 2.15 bits per heavy atom. The van der Waals surface area contributed by atoms with E-state index in [1.807, 2.05) is 4.90 Å². The Balaban J connectivity index is 1.71. The number of benzene rings is 1. The lowest BCUT2D eigenvalue weighted by atomic mass is 10.0. The number of carbonyl (C=O) groups excluding carboxylic acids is 2. The molecule has 3 heterocycles. The van der Waals surface area contributed by atoms with Gasteiger partial charge >= 0.3 is 6.09 Å². The van der Waals surface area contributed by atoms with Crippen molar-refractivity contribution in [3.05, 3.63) is 17.4 Å². The quantitative estimate of drug-likeness (QED) is 0.884. The molecular weight excluding hydrogens is 341 g/mol. The lowest BCUT2D eigenvalue weighted by Crippen LogP contribution is -2.40. The van der Waals surface area contributed by atoms with E-state index in [1.54, 1.807) is 0 Å². The molecule has 0 aromatic heterocycles. The number of fused-ring (bicyclic) bond motifs is 3. The van der Waals surface area contributed by atoms with Gasteiger partial charge in [-0.2, -0.15) is 0 Å². The van der Waals surface area contributed by atoms with E-state index in [0.717, 1.165) is 31.5 Å². The summed E-state index contributed by atoms with van der Waals surface area (Å²) in [5.74, 6) is -0.0707. The van der Waals surface area contributed by atoms with Crippen LogP contribution >= 0.6 is 0 Å². The number of halogens is 1. The first-order valence-corrected chi connectivity index (χ1v) is 8.90. The number of nitrogens with zero attached hydrogens (tertiary/aromatic N) is 2. The first-order chi connectivity index (χ1) is 12.5. The zero-order chi connectivity index (χ0) is 18.4. The number of cyclic esters (lactones) is 1. The summed E-state index contributed by atoms with van der Waals surface area (Å²) in [6, 6.07) is 1.14. The van der Waals surface area contributed by atoms with Gasteiger partial charge in [-0.3, -0.25) is 9.69 Å². The van der Waals surface area contributed by atoms with E-state index in [4.69, 9.17) is 9.47 Å². The first kappa shape index (κ1) is 16.9. The van der Waals surface area contributed by atoms with Crippen LogP contribution in [0.2, 0.25) is 0 Å². The van der Waals surface area contributed by atoms with Crippen LogP contribution in [0.25, 0.3) is 0 Å². The molecule has 0 aliphatic carbocycles. The topological polar surface area (TPSA) is 71.1 Å². The fraction of sp³-hybridized carbons (Fsp3) is 0.556. The molecule has 2 atom stereocenters. The summed E-state index contributed by atoms with van der Waals surface area (Å²) in [6.07, 6.45) is 1.58. The van der Waals surface area contributed by atoms with E-state index in [9.17, 15) is 14.0 Å². The molecule has 4 rings (SSSR count). The average molecular weight is 363 g/mol. The third kappa shape index (κ3) is 2.55. The van der Waals surface area contributed by atoms with Gasteiger partial charge in [-0.1, -0.05) is 0 Å².